The van der Waals surface area contributed by atoms with E-state index < -0.39 is 5.97 Å². The highest BCUT2D eigenvalue weighted by molar-refractivity contribution is 6.01. The van der Waals surface area contributed by atoms with Gasteiger partial charge in [-0.05, 0) is 76.0 Å². The predicted octanol–water partition coefficient (Wildman–Crippen LogP) is 6.92. The fourth-order valence-corrected chi connectivity index (χ4v) is 4.76. The monoisotopic (exact) mass is 590 g/mol. The van der Waals surface area contributed by atoms with Crippen molar-refractivity contribution in [2.24, 2.45) is 0 Å². The Morgan fingerprint density at radius 1 is 0.773 bits per heavy atom. The van der Waals surface area contributed by atoms with E-state index in [0.717, 1.165) is 33.2 Å². The highest BCUT2D eigenvalue weighted by atomic mass is 16.7. The number of aromatic carboxylic acids is 1. The maximum absolute atomic E-state index is 12.9. The third-order valence-electron chi connectivity index (χ3n) is 7.07. The van der Waals surface area contributed by atoms with Crippen LogP contribution in [0.1, 0.15) is 26.3 Å². The first-order chi connectivity index (χ1) is 21.5. The molecule has 44 heavy (non-hydrogen) atoms. The normalized spacial score (nSPS) is 10.9. The third-order valence-corrected chi connectivity index (χ3v) is 7.07. The Labute approximate surface area is 256 Å². The van der Waals surface area contributed by atoms with Gasteiger partial charge in [0.1, 0.15) is 5.75 Å². The molecule has 0 saturated heterocycles. The minimum absolute atomic E-state index is 0.0162. The van der Waals surface area contributed by atoms with Crippen molar-refractivity contribution in [1.29, 1.82) is 0 Å². The number of carboxylic acids is 1. The summed E-state index contributed by atoms with van der Waals surface area (Å²) in [6, 6.07) is 34.2. The molecule has 0 fully saturated rings. The van der Waals surface area contributed by atoms with E-state index in [9.17, 15) is 14.7 Å². The second kappa shape index (κ2) is 14.9. The second-order valence-electron chi connectivity index (χ2n) is 10.2. The molecule has 0 aliphatic carbocycles. The zero-order valence-corrected chi connectivity index (χ0v) is 24.4. The van der Waals surface area contributed by atoms with Crippen molar-refractivity contribution in [3.05, 3.63) is 126 Å². The number of benzene rings is 5. The van der Waals surface area contributed by atoms with Crippen LogP contribution in [0.3, 0.4) is 0 Å². The van der Waals surface area contributed by atoms with E-state index in [1.54, 1.807) is 31.4 Å². The van der Waals surface area contributed by atoms with Crippen LogP contribution in [-0.4, -0.2) is 50.5 Å². The number of anilines is 2. The summed E-state index contributed by atoms with van der Waals surface area (Å²) in [4.78, 5) is 24.4. The van der Waals surface area contributed by atoms with Crippen LogP contribution in [0.15, 0.2) is 109 Å². The van der Waals surface area contributed by atoms with E-state index in [-0.39, 0.29) is 24.7 Å². The molecule has 0 spiro atoms. The number of rotatable bonds is 15. The summed E-state index contributed by atoms with van der Waals surface area (Å²) in [5.41, 5.74) is 5.34. The van der Waals surface area contributed by atoms with Crippen molar-refractivity contribution in [2.45, 2.75) is 6.54 Å². The van der Waals surface area contributed by atoms with Crippen molar-refractivity contribution < 1.29 is 28.9 Å². The number of para-hydroxylation sites is 1. The molecule has 0 aromatic heterocycles. The number of carbonyl (C=O) groups is 2. The van der Waals surface area contributed by atoms with Crippen LogP contribution in [0.4, 0.5) is 11.4 Å². The lowest BCUT2D eigenvalue weighted by atomic mass is 10.0. The largest absolute Gasteiger partial charge is 0.478 e. The SMILES string of the molecule is COCCOCOc1ccc2cc(C(=O)CNCc3cccc(-c4ccc(Nc5ccccc5C(=O)O)cc4)c3)ccc2c1. The molecule has 5 rings (SSSR count). The fourth-order valence-electron chi connectivity index (χ4n) is 4.76. The smallest absolute Gasteiger partial charge is 0.337 e. The minimum Gasteiger partial charge on any atom is -0.478 e. The van der Waals surface area contributed by atoms with Crippen molar-refractivity contribution >= 4 is 33.9 Å². The number of carboxylic acid groups (broad SMARTS) is 1. The summed E-state index contributed by atoms with van der Waals surface area (Å²) in [6.07, 6.45) is 0. The Morgan fingerprint density at radius 3 is 2.39 bits per heavy atom. The number of fused-ring (bicyclic) bond motifs is 1. The van der Waals surface area contributed by atoms with Gasteiger partial charge >= 0.3 is 5.97 Å². The van der Waals surface area contributed by atoms with Crippen LogP contribution in [0.2, 0.25) is 0 Å². The van der Waals surface area contributed by atoms with Gasteiger partial charge in [-0.1, -0.05) is 60.7 Å². The highest BCUT2D eigenvalue weighted by Gasteiger charge is 2.10. The second-order valence-corrected chi connectivity index (χ2v) is 10.2. The highest BCUT2D eigenvalue weighted by Crippen LogP contribution is 2.26. The van der Waals surface area contributed by atoms with Crippen molar-refractivity contribution in [1.82, 2.24) is 5.32 Å². The summed E-state index contributed by atoms with van der Waals surface area (Å²) < 4.78 is 15.9. The molecule has 5 aromatic rings. The lowest BCUT2D eigenvalue weighted by molar-refractivity contribution is -0.00841. The standard InChI is InChI=1S/C36H34N2O6/c1-42-17-18-43-24-44-32-16-13-28-20-30(10-9-29(28)21-32)35(39)23-37-22-25-5-4-6-27(19-25)26-11-14-31(15-12-26)38-34-8-3-2-7-33(34)36(40)41/h2-16,19-21,37-38H,17-18,22-24H2,1H3,(H,40,41). The van der Waals surface area contributed by atoms with E-state index in [1.165, 1.54) is 0 Å². The van der Waals surface area contributed by atoms with Crippen LogP contribution >= 0.6 is 0 Å². The molecule has 0 atom stereocenters. The van der Waals surface area contributed by atoms with Crippen LogP contribution in [0.25, 0.3) is 21.9 Å². The van der Waals surface area contributed by atoms with E-state index in [2.05, 4.69) is 16.7 Å². The molecule has 0 unspecified atom stereocenters. The molecular weight excluding hydrogens is 556 g/mol. The molecule has 5 aromatic carbocycles. The molecule has 8 heteroatoms. The molecule has 0 bridgehead atoms. The summed E-state index contributed by atoms with van der Waals surface area (Å²) in [5.74, 6) is -0.260. The Kier molecular flexibility index (Phi) is 10.3. The van der Waals surface area contributed by atoms with Gasteiger partial charge in [0, 0.05) is 24.9 Å². The molecule has 0 amide bonds. The molecule has 0 heterocycles. The Bertz CT molecular complexity index is 1740. The van der Waals surface area contributed by atoms with Crippen LogP contribution in [0.5, 0.6) is 5.75 Å². The fraction of sp³-hybridized carbons (Fsp3) is 0.167. The van der Waals surface area contributed by atoms with Gasteiger partial charge < -0.3 is 30.0 Å². The van der Waals surface area contributed by atoms with Gasteiger partial charge in [-0.15, -0.1) is 0 Å². The summed E-state index contributed by atoms with van der Waals surface area (Å²) in [7, 11) is 1.62. The van der Waals surface area contributed by atoms with Crippen LogP contribution < -0.4 is 15.4 Å². The van der Waals surface area contributed by atoms with Gasteiger partial charge in [0.05, 0.1) is 31.0 Å². The Hall–Kier alpha value is -5.02. The molecule has 3 N–H and O–H groups in total. The van der Waals surface area contributed by atoms with Crippen molar-refractivity contribution in [3.63, 3.8) is 0 Å². The van der Waals surface area contributed by atoms with Gasteiger partial charge in [-0.25, -0.2) is 4.79 Å². The van der Waals surface area contributed by atoms with Crippen LogP contribution in [-0.2, 0) is 16.0 Å². The number of methoxy groups -OCH3 is 1. The topological polar surface area (TPSA) is 106 Å². The first-order valence-corrected chi connectivity index (χ1v) is 14.3. The summed E-state index contributed by atoms with van der Waals surface area (Å²) >= 11 is 0. The lowest BCUT2D eigenvalue weighted by Gasteiger charge is -2.11. The van der Waals surface area contributed by atoms with E-state index >= 15 is 0 Å². The summed E-state index contributed by atoms with van der Waals surface area (Å²) in [5, 5.41) is 17.8. The number of hydrogen-bond donors (Lipinski definition) is 3. The zero-order chi connectivity index (χ0) is 30.7. The molecule has 0 aliphatic rings. The zero-order valence-electron chi connectivity index (χ0n) is 24.4. The van der Waals surface area contributed by atoms with Gasteiger partial charge in [0.2, 0.25) is 0 Å². The first kappa shape index (κ1) is 30.4. The van der Waals surface area contributed by atoms with Crippen molar-refractivity contribution in [3.8, 4) is 16.9 Å². The van der Waals surface area contributed by atoms with Gasteiger partial charge in [0.25, 0.3) is 0 Å². The number of ether oxygens (including phenoxy) is 3. The van der Waals surface area contributed by atoms with Gasteiger partial charge in [-0.2, -0.15) is 0 Å². The first-order valence-electron chi connectivity index (χ1n) is 14.3. The maximum atomic E-state index is 12.9. The molecular formula is C36H34N2O6. The summed E-state index contributed by atoms with van der Waals surface area (Å²) in [6.45, 7) is 1.90. The van der Waals surface area contributed by atoms with Gasteiger partial charge in [-0.3, -0.25) is 4.79 Å². The molecule has 0 saturated carbocycles. The Balaban J connectivity index is 1.14. The number of nitrogens with one attached hydrogen (secondary N) is 2. The number of ketones is 1. The average Bonchev–Trinajstić information content (AvgIpc) is 3.05. The molecule has 0 radical (unpaired) electrons. The quantitative estimate of drug-likeness (QED) is 0.0686. The number of Topliss-reactive ketones (excluding diaryl/α,β-unsaturated/α-hetero) is 1. The van der Waals surface area contributed by atoms with E-state index in [1.807, 2.05) is 78.9 Å². The Morgan fingerprint density at radius 2 is 1.57 bits per heavy atom. The third kappa shape index (κ3) is 8.08. The van der Waals surface area contributed by atoms with E-state index in [4.69, 9.17) is 14.2 Å². The predicted molar refractivity (Wildman–Crippen MR) is 172 cm³/mol. The molecule has 224 valence electrons. The van der Waals surface area contributed by atoms with E-state index in [0.29, 0.717) is 36.8 Å². The number of hydrogen-bond acceptors (Lipinski definition) is 7. The molecule has 0 aliphatic heterocycles. The lowest BCUT2D eigenvalue weighted by Crippen LogP contribution is -2.22. The maximum Gasteiger partial charge on any atom is 0.337 e. The molecule has 8 nitrogen and oxygen atoms in total. The van der Waals surface area contributed by atoms with Crippen LogP contribution in [0, 0.1) is 0 Å². The van der Waals surface area contributed by atoms with Gasteiger partial charge in [0.15, 0.2) is 12.6 Å². The average molecular weight is 591 g/mol. The van der Waals surface area contributed by atoms with Crippen molar-refractivity contribution in [2.75, 3.05) is 39.0 Å². The minimum atomic E-state index is -0.977. The number of carbonyl (C=O) groups excluding carboxylic acids is 1.